The van der Waals surface area contributed by atoms with Crippen molar-refractivity contribution in [1.29, 1.82) is 0 Å². The van der Waals surface area contributed by atoms with Crippen LogP contribution >= 0.6 is 0 Å². The minimum absolute atomic E-state index is 0.502. The van der Waals surface area contributed by atoms with Crippen molar-refractivity contribution in [1.82, 2.24) is 10.3 Å². The number of nitrogens with two attached hydrogens (primary N) is 1. The average molecular weight is 554 g/mol. The molecule has 0 atom stereocenters. The third-order valence-electron chi connectivity index (χ3n) is 6.73. The fourth-order valence-electron chi connectivity index (χ4n) is 4.07. The Morgan fingerprint density at radius 2 is 1.33 bits per heavy atom. The molecule has 0 spiro atoms. The van der Waals surface area contributed by atoms with E-state index in [1.807, 2.05) is 0 Å². The topological polar surface area (TPSA) is 74.8 Å². The molecule has 0 unspecified atom stereocenters. The van der Waals surface area contributed by atoms with Crippen LogP contribution in [-0.2, 0) is 0 Å². The zero-order valence-electron chi connectivity index (χ0n) is 23.5. The van der Waals surface area contributed by atoms with E-state index in [1.54, 1.807) is 0 Å². The third-order valence-corrected chi connectivity index (χ3v) is 17.8. The molecule has 0 aliphatic heterocycles. The molecule has 36 heavy (non-hydrogen) atoms. The highest BCUT2D eigenvalue weighted by Crippen LogP contribution is 2.16. The number of nitrogens with zero attached hydrogens (tertiary/aromatic N) is 2. The lowest BCUT2D eigenvalue weighted by Gasteiger charge is -2.25. The van der Waals surface area contributed by atoms with Crippen LogP contribution < -0.4 is 26.4 Å². The van der Waals surface area contributed by atoms with Crippen molar-refractivity contribution in [2.24, 2.45) is 15.4 Å². The molecule has 0 saturated heterocycles. The van der Waals surface area contributed by atoms with Gasteiger partial charge in [0.25, 0.3) is 0 Å². The maximum absolute atomic E-state index is 6.37. The van der Waals surface area contributed by atoms with Gasteiger partial charge in [-0.15, -0.1) is 0 Å². The lowest BCUT2D eigenvalue weighted by atomic mass is 10.4. The maximum atomic E-state index is 6.37. The van der Waals surface area contributed by atoms with Gasteiger partial charge in [-0.05, 0) is 18.5 Å². The van der Waals surface area contributed by atoms with Crippen molar-refractivity contribution in [2.75, 3.05) is 6.54 Å². The van der Waals surface area contributed by atoms with Crippen molar-refractivity contribution in [3.8, 4) is 0 Å². The summed E-state index contributed by atoms with van der Waals surface area (Å²) in [5.74, 6) is 1.30. The molecular formula is C27H47N5Si4. The molecule has 0 heterocycles. The van der Waals surface area contributed by atoms with E-state index in [4.69, 9.17) is 15.4 Å². The first kappa shape index (κ1) is 30.3. The first-order valence-electron chi connectivity index (χ1n) is 13.2. The quantitative estimate of drug-likeness (QED) is 0.202. The molecule has 2 aromatic rings. The number of nitrogens with one attached hydrogen (secondary N) is 2. The molecule has 0 amide bonds. The Hall–Kier alpha value is -1.95. The number of hydrogen-bond acceptors (Lipinski definition) is 2. The molecule has 0 aliphatic carbocycles. The van der Waals surface area contributed by atoms with Gasteiger partial charge in [-0.1, -0.05) is 129 Å². The van der Waals surface area contributed by atoms with Crippen LogP contribution in [0.3, 0.4) is 0 Å². The van der Waals surface area contributed by atoms with Crippen LogP contribution in [0.4, 0.5) is 0 Å². The second-order valence-electron chi connectivity index (χ2n) is 11.0. The van der Waals surface area contributed by atoms with Crippen molar-refractivity contribution in [3.63, 3.8) is 0 Å². The Morgan fingerprint density at radius 3 is 1.83 bits per heavy atom. The Kier molecular flexibility index (Phi) is 12.4. The predicted octanol–water partition coefficient (Wildman–Crippen LogP) is 4.72. The molecule has 196 valence electrons. The molecule has 0 saturated carbocycles. The first-order valence-corrected chi connectivity index (χ1v) is 24.0. The fraction of sp³-hybridized carbons (Fsp3) is 0.481. The smallest absolute Gasteiger partial charge is 0.197 e. The summed E-state index contributed by atoms with van der Waals surface area (Å²) in [6, 6.07) is 26.8. The summed E-state index contributed by atoms with van der Waals surface area (Å²) in [5.41, 5.74) is 6.37. The molecule has 4 N–H and O–H groups in total. The van der Waals surface area contributed by atoms with E-state index < -0.39 is 34.1 Å². The van der Waals surface area contributed by atoms with Gasteiger partial charge in [0.15, 0.2) is 29.8 Å². The average Bonchev–Trinajstić information content (AvgIpc) is 2.86. The summed E-state index contributed by atoms with van der Waals surface area (Å²) in [6.07, 6.45) is 1.01. The normalized spacial score (nSPS) is 13.4. The Bertz CT molecular complexity index is 965. The van der Waals surface area contributed by atoms with Crippen LogP contribution in [0.1, 0.15) is 13.3 Å². The van der Waals surface area contributed by atoms with Crippen LogP contribution in [0.5, 0.6) is 0 Å². The lowest BCUT2D eigenvalue weighted by Crippen LogP contribution is -2.50. The van der Waals surface area contributed by atoms with Gasteiger partial charge in [0.2, 0.25) is 0 Å². The summed E-state index contributed by atoms with van der Waals surface area (Å²) in [5, 5.41) is 6.36. The van der Waals surface area contributed by atoms with E-state index >= 15 is 0 Å². The van der Waals surface area contributed by atoms with Crippen LogP contribution in [0.15, 0.2) is 70.3 Å². The Morgan fingerprint density at radius 1 is 0.833 bits per heavy atom. The lowest BCUT2D eigenvalue weighted by molar-refractivity contribution is 0.916. The van der Waals surface area contributed by atoms with Crippen LogP contribution in [0.25, 0.3) is 0 Å². The minimum Gasteiger partial charge on any atom is -0.382 e. The Labute approximate surface area is 225 Å². The highest BCUT2D eigenvalue weighted by molar-refractivity contribution is 6.91. The number of guanidine groups is 2. The minimum atomic E-state index is -1.45. The fourth-order valence-corrected chi connectivity index (χ4v) is 16.0. The second kappa shape index (κ2) is 14.7. The zero-order chi connectivity index (χ0) is 26.6. The molecule has 2 radical (unpaired) electrons. The number of benzene rings is 2. The molecule has 0 aromatic heterocycles. The molecule has 2 aromatic carbocycles. The van der Waals surface area contributed by atoms with Gasteiger partial charge in [-0.25, -0.2) is 0 Å². The highest BCUT2D eigenvalue weighted by atomic mass is 28.3. The summed E-state index contributed by atoms with van der Waals surface area (Å²) < 4.78 is 4.86. The number of hydrogen-bond donors (Lipinski definition) is 3. The monoisotopic (exact) mass is 553 g/mol. The standard InChI is InChI=1S/C27H47N5Si4/c1-8-19-29-27(32-34(3)21-23-36(6,7)25-17-13-10-14-18-25)30-26(28)31-33(2)20-22-35(4,5)24-15-11-9-12-16-24/h9-18H,8,19-23H2,1-7H3,(H4,28,29,30,31,32). The maximum Gasteiger partial charge on any atom is 0.197 e. The summed E-state index contributed by atoms with van der Waals surface area (Å²) >= 11 is 0. The van der Waals surface area contributed by atoms with E-state index in [-0.39, 0.29) is 0 Å². The van der Waals surface area contributed by atoms with E-state index in [1.165, 1.54) is 28.5 Å². The van der Waals surface area contributed by atoms with Crippen molar-refractivity contribution in [3.05, 3.63) is 60.7 Å². The van der Waals surface area contributed by atoms with E-state index in [0.717, 1.165) is 25.0 Å². The molecule has 5 nitrogen and oxygen atoms in total. The molecular weight excluding hydrogens is 507 g/mol. The molecule has 0 aliphatic rings. The first-order chi connectivity index (χ1) is 17.0. The van der Waals surface area contributed by atoms with Crippen LogP contribution in [0.2, 0.25) is 63.5 Å². The largest absolute Gasteiger partial charge is 0.382 e. The van der Waals surface area contributed by atoms with Crippen molar-refractivity contribution >= 4 is 56.4 Å². The van der Waals surface area contributed by atoms with E-state index in [9.17, 15) is 0 Å². The van der Waals surface area contributed by atoms with Gasteiger partial charge >= 0.3 is 0 Å². The molecule has 0 fully saturated rings. The van der Waals surface area contributed by atoms with Gasteiger partial charge in [0.1, 0.15) is 0 Å². The summed E-state index contributed by atoms with van der Waals surface area (Å²) in [7, 11) is -4.60. The molecule has 2 rings (SSSR count). The number of aliphatic imine (C=N–C) groups is 1. The van der Waals surface area contributed by atoms with E-state index in [2.05, 4.69) is 117 Å². The molecule has 9 heteroatoms. The highest BCUT2D eigenvalue weighted by Gasteiger charge is 2.25. The zero-order valence-corrected chi connectivity index (χ0v) is 27.5. The van der Waals surface area contributed by atoms with Gasteiger partial charge in [-0.2, -0.15) is 0 Å². The van der Waals surface area contributed by atoms with Crippen molar-refractivity contribution < 1.29 is 0 Å². The summed E-state index contributed by atoms with van der Waals surface area (Å²) in [6.45, 7) is 17.4. The predicted molar refractivity (Wildman–Crippen MR) is 170 cm³/mol. The van der Waals surface area contributed by atoms with Gasteiger partial charge < -0.3 is 10.7 Å². The van der Waals surface area contributed by atoms with Crippen LogP contribution in [-0.4, -0.2) is 52.5 Å². The third kappa shape index (κ3) is 10.6. The second-order valence-corrected chi connectivity index (χ2v) is 25.2. The van der Waals surface area contributed by atoms with E-state index in [0.29, 0.717) is 5.96 Å². The Balaban J connectivity index is 1.91. The SMILES string of the molecule is CCCN=C(N/C(N)=N/[Si](C)CC[Si](C)(C)c1ccccc1)N[Si](C)CC[Si](C)(C)c1ccccc1. The van der Waals surface area contributed by atoms with Crippen molar-refractivity contribution in [2.45, 2.75) is 76.8 Å². The molecule has 0 bridgehead atoms. The van der Waals surface area contributed by atoms with Gasteiger partial charge in [0.05, 0.1) is 16.1 Å². The van der Waals surface area contributed by atoms with Crippen LogP contribution in [0, 0.1) is 0 Å². The van der Waals surface area contributed by atoms with Gasteiger partial charge in [-0.3, -0.25) is 15.0 Å². The summed E-state index contributed by atoms with van der Waals surface area (Å²) in [4.78, 5) is 8.42. The van der Waals surface area contributed by atoms with Gasteiger partial charge in [0, 0.05) is 6.54 Å². The number of rotatable bonds is 12.